The summed E-state index contributed by atoms with van der Waals surface area (Å²) in [6.45, 7) is 6.79. The molecule has 0 atom stereocenters. The summed E-state index contributed by atoms with van der Waals surface area (Å²) in [5, 5.41) is 4.45. The SMILES string of the molecule is c1ccc2c3c(ccc2c1)OCCOCCOCCOCCOCCOCCOCCOc1ccc2ccccc2c1-3. The summed E-state index contributed by atoms with van der Waals surface area (Å²) in [5.41, 5.74) is 2.00. The van der Waals surface area contributed by atoms with Crippen LogP contribution in [0.25, 0.3) is 32.7 Å². The summed E-state index contributed by atoms with van der Waals surface area (Å²) < 4.78 is 46.5. The van der Waals surface area contributed by atoms with Crippen LogP contribution in [0, 0.1) is 0 Å². The Kier molecular flexibility index (Phi) is 12.2. The standard InChI is InChI=1S/C34H40O8/c1-3-7-29-27(5-1)9-11-31-33(29)34-30-8-4-2-6-28(30)10-12-32(34)42-26-24-40-22-20-38-18-16-36-14-13-35-15-17-37-19-21-39-23-25-41-31/h1-12H,13-26H2. The molecule has 8 nitrogen and oxygen atoms in total. The minimum absolute atomic E-state index is 0.408. The molecule has 42 heavy (non-hydrogen) atoms. The van der Waals surface area contributed by atoms with Crippen molar-refractivity contribution >= 4 is 21.5 Å². The van der Waals surface area contributed by atoms with E-state index in [9.17, 15) is 0 Å². The Morgan fingerprint density at radius 2 is 0.619 bits per heavy atom. The lowest BCUT2D eigenvalue weighted by molar-refractivity contribution is -0.0187. The van der Waals surface area contributed by atoms with E-state index < -0.39 is 0 Å². The van der Waals surface area contributed by atoms with E-state index >= 15 is 0 Å². The number of fused-ring (bicyclic) bond motifs is 7. The number of ether oxygens (including phenoxy) is 8. The van der Waals surface area contributed by atoms with Crippen molar-refractivity contribution in [3.63, 3.8) is 0 Å². The highest BCUT2D eigenvalue weighted by Crippen LogP contribution is 2.45. The zero-order valence-electron chi connectivity index (χ0n) is 24.1. The summed E-state index contributed by atoms with van der Waals surface area (Å²) in [6, 6.07) is 25.0. The average Bonchev–Trinajstić information content (AvgIpc) is 3.03. The summed E-state index contributed by atoms with van der Waals surface area (Å²) >= 11 is 0. The molecule has 0 spiro atoms. The fourth-order valence-corrected chi connectivity index (χ4v) is 4.88. The van der Waals surface area contributed by atoms with Gasteiger partial charge in [-0.3, -0.25) is 0 Å². The fourth-order valence-electron chi connectivity index (χ4n) is 4.88. The van der Waals surface area contributed by atoms with Gasteiger partial charge in [0.05, 0.1) is 79.3 Å². The van der Waals surface area contributed by atoms with Gasteiger partial charge in [0.25, 0.3) is 0 Å². The van der Waals surface area contributed by atoms with Crippen LogP contribution in [0.4, 0.5) is 0 Å². The molecule has 0 aliphatic carbocycles. The van der Waals surface area contributed by atoms with Gasteiger partial charge in [-0.1, -0.05) is 60.7 Å². The quantitative estimate of drug-likeness (QED) is 0.271. The first kappa shape index (κ1) is 30.2. The Morgan fingerprint density at radius 1 is 0.310 bits per heavy atom. The first-order valence-electron chi connectivity index (χ1n) is 14.7. The van der Waals surface area contributed by atoms with Gasteiger partial charge in [0.2, 0.25) is 0 Å². The van der Waals surface area contributed by atoms with Crippen molar-refractivity contribution in [1.82, 2.24) is 0 Å². The van der Waals surface area contributed by atoms with E-state index in [-0.39, 0.29) is 0 Å². The lowest BCUT2D eigenvalue weighted by atomic mass is 9.92. The van der Waals surface area contributed by atoms with E-state index in [0.717, 1.165) is 44.2 Å². The fraction of sp³-hybridized carbons (Fsp3) is 0.412. The topological polar surface area (TPSA) is 73.8 Å². The molecular formula is C34H40O8. The predicted molar refractivity (Wildman–Crippen MR) is 163 cm³/mol. The maximum atomic E-state index is 6.37. The van der Waals surface area contributed by atoms with Crippen LogP contribution in [0.5, 0.6) is 11.5 Å². The van der Waals surface area contributed by atoms with E-state index in [2.05, 4.69) is 60.7 Å². The molecule has 1 aliphatic heterocycles. The van der Waals surface area contributed by atoms with E-state index in [1.165, 1.54) is 0 Å². The zero-order valence-corrected chi connectivity index (χ0v) is 24.1. The highest BCUT2D eigenvalue weighted by Gasteiger charge is 2.19. The van der Waals surface area contributed by atoms with Gasteiger partial charge in [0.1, 0.15) is 24.7 Å². The van der Waals surface area contributed by atoms with Crippen molar-refractivity contribution in [2.24, 2.45) is 0 Å². The molecular weight excluding hydrogens is 536 g/mol. The van der Waals surface area contributed by atoms with Crippen molar-refractivity contribution in [2.75, 3.05) is 92.5 Å². The van der Waals surface area contributed by atoms with Crippen molar-refractivity contribution in [1.29, 1.82) is 0 Å². The van der Waals surface area contributed by atoms with Crippen LogP contribution in [0.15, 0.2) is 72.8 Å². The van der Waals surface area contributed by atoms with Gasteiger partial charge in [0.15, 0.2) is 0 Å². The highest BCUT2D eigenvalue weighted by molar-refractivity contribution is 6.09. The number of rotatable bonds is 0. The second-order valence-electron chi connectivity index (χ2n) is 9.69. The van der Waals surface area contributed by atoms with Gasteiger partial charge < -0.3 is 37.9 Å². The second kappa shape index (κ2) is 17.0. The Morgan fingerprint density at radius 3 is 0.976 bits per heavy atom. The maximum Gasteiger partial charge on any atom is 0.128 e. The molecule has 0 aromatic heterocycles. The third-order valence-corrected chi connectivity index (χ3v) is 6.86. The summed E-state index contributed by atoms with van der Waals surface area (Å²) in [4.78, 5) is 0. The number of hydrogen-bond donors (Lipinski definition) is 0. The Balaban J connectivity index is 1.37. The van der Waals surface area contributed by atoms with Crippen LogP contribution in [-0.4, -0.2) is 92.5 Å². The van der Waals surface area contributed by atoms with E-state index in [1.807, 2.05) is 12.1 Å². The first-order valence-corrected chi connectivity index (χ1v) is 14.7. The highest BCUT2D eigenvalue weighted by atomic mass is 16.6. The minimum Gasteiger partial charge on any atom is -0.491 e. The molecule has 0 amide bonds. The molecule has 0 N–H and O–H groups in total. The normalized spacial score (nSPS) is 17.9. The predicted octanol–water partition coefficient (Wildman–Crippen LogP) is 5.53. The minimum atomic E-state index is 0.408. The molecule has 4 aromatic carbocycles. The smallest absolute Gasteiger partial charge is 0.128 e. The van der Waals surface area contributed by atoms with Crippen LogP contribution < -0.4 is 9.47 Å². The summed E-state index contributed by atoms with van der Waals surface area (Å²) in [7, 11) is 0. The average molecular weight is 577 g/mol. The van der Waals surface area contributed by atoms with Crippen LogP contribution in [0.1, 0.15) is 0 Å². The molecule has 5 rings (SSSR count). The van der Waals surface area contributed by atoms with Crippen molar-refractivity contribution in [3.8, 4) is 22.6 Å². The van der Waals surface area contributed by atoms with Gasteiger partial charge in [-0.15, -0.1) is 0 Å². The third-order valence-electron chi connectivity index (χ3n) is 6.86. The van der Waals surface area contributed by atoms with Crippen LogP contribution in [-0.2, 0) is 28.4 Å². The molecule has 1 heterocycles. The monoisotopic (exact) mass is 576 g/mol. The van der Waals surface area contributed by atoms with Gasteiger partial charge in [-0.2, -0.15) is 0 Å². The van der Waals surface area contributed by atoms with Gasteiger partial charge in [-0.05, 0) is 33.7 Å². The molecule has 8 heteroatoms. The van der Waals surface area contributed by atoms with Gasteiger partial charge in [-0.25, -0.2) is 0 Å². The summed E-state index contributed by atoms with van der Waals surface area (Å²) in [6.07, 6.45) is 0. The van der Waals surface area contributed by atoms with E-state index in [4.69, 9.17) is 37.9 Å². The molecule has 0 saturated heterocycles. The van der Waals surface area contributed by atoms with Crippen LogP contribution in [0.2, 0.25) is 0 Å². The van der Waals surface area contributed by atoms with Gasteiger partial charge >= 0.3 is 0 Å². The zero-order chi connectivity index (χ0) is 28.7. The summed E-state index contributed by atoms with van der Waals surface area (Å²) in [5.74, 6) is 1.57. The lowest BCUT2D eigenvalue weighted by Crippen LogP contribution is -2.15. The van der Waals surface area contributed by atoms with Crippen molar-refractivity contribution in [2.45, 2.75) is 0 Å². The molecule has 224 valence electrons. The number of benzene rings is 4. The molecule has 0 saturated carbocycles. The maximum absolute atomic E-state index is 6.37. The first-order chi connectivity index (χ1) is 20.9. The lowest BCUT2D eigenvalue weighted by Gasteiger charge is -2.20. The molecule has 1 aliphatic rings. The van der Waals surface area contributed by atoms with Crippen LogP contribution in [0.3, 0.4) is 0 Å². The Hall–Kier alpha value is -3.24. The van der Waals surface area contributed by atoms with Crippen molar-refractivity contribution < 1.29 is 37.9 Å². The van der Waals surface area contributed by atoms with E-state index in [0.29, 0.717) is 92.5 Å². The Bertz CT molecular complexity index is 1270. The third kappa shape index (κ3) is 8.64. The van der Waals surface area contributed by atoms with Gasteiger partial charge in [0, 0.05) is 11.1 Å². The Labute approximate surface area is 247 Å². The number of hydrogen-bond acceptors (Lipinski definition) is 8. The second-order valence-corrected chi connectivity index (χ2v) is 9.69. The molecule has 0 bridgehead atoms. The molecule has 0 radical (unpaired) electrons. The van der Waals surface area contributed by atoms with Crippen molar-refractivity contribution in [3.05, 3.63) is 72.8 Å². The molecule has 0 fully saturated rings. The molecule has 4 aromatic rings. The molecule has 0 unspecified atom stereocenters. The van der Waals surface area contributed by atoms with E-state index in [1.54, 1.807) is 0 Å². The largest absolute Gasteiger partial charge is 0.491 e. The van der Waals surface area contributed by atoms with Crippen LogP contribution >= 0.6 is 0 Å².